The number of hydrogen-bond acceptors (Lipinski definition) is 2. The molecule has 3 heteroatoms. The van der Waals surface area contributed by atoms with E-state index in [1.807, 2.05) is 18.3 Å². The van der Waals surface area contributed by atoms with Crippen LogP contribution in [-0.2, 0) is 17.3 Å². The molecule has 3 rings (SSSR count). The summed E-state index contributed by atoms with van der Waals surface area (Å²) in [5.41, 5.74) is 2.54. The predicted molar refractivity (Wildman–Crippen MR) is 52.0 cm³/mol. The van der Waals surface area contributed by atoms with Crippen LogP contribution in [0.5, 0.6) is 0 Å². The third kappa shape index (κ3) is 0.907. The predicted octanol–water partition coefficient (Wildman–Crippen LogP) is 1.73. The quantitative estimate of drug-likeness (QED) is 0.622. The molecule has 2 heterocycles. The van der Waals surface area contributed by atoms with Gasteiger partial charge in [0.1, 0.15) is 5.37 Å². The minimum atomic E-state index is -0.844. The van der Waals surface area contributed by atoms with Gasteiger partial charge in [-0.15, -0.1) is 0 Å². The van der Waals surface area contributed by atoms with E-state index in [4.69, 9.17) is 0 Å². The summed E-state index contributed by atoms with van der Waals surface area (Å²) in [6, 6.07) is 8.23. The van der Waals surface area contributed by atoms with Gasteiger partial charge in [0, 0.05) is 18.2 Å². The third-order valence-electron chi connectivity index (χ3n) is 2.58. The zero-order valence-electron chi connectivity index (χ0n) is 7.01. The van der Waals surface area contributed by atoms with Gasteiger partial charge in [0.25, 0.3) is 0 Å². The van der Waals surface area contributed by atoms with Crippen molar-refractivity contribution < 1.29 is 4.21 Å². The molecule has 1 aromatic carbocycles. The van der Waals surface area contributed by atoms with Crippen LogP contribution in [0.3, 0.4) is 0 Å². The molecule has 0 aliphatic carbocycles. The fraction of sp³-hybridized carbons (Fsp3) is 0.200. The van der Waals surface area contributed by atoms with Gasteiger partial charge in [-0.3, -0.25) is 4.21 Å². The van der Waals surface area contributed by atoms with Crippen LogP contribution in [0.4, 0.5) is 0 Å². The maximum atomic E-state index is 11.6. The Balaban J connectivity index is 2.16. The molecule has 0 spiro atoms. The first-order valence-electron chi connectivity index (χ1n) is 4.27. The minimum absolute atomic E-state index is 0.0937. The number of benzene rings is 1. The smallest absolute Gasteiger partial charge is 0.135 e. The standard InChI is InChI=1S/C10H9NOS/c12-13-6-5-11-7-8-3-1-2-4-9(8)10(11)13/h1-6,10H,7H2. The summed E-state index contributed by atoms with van der Waals surface area (Å²) in [5, 5.41) is 1.87. The zero-order valence-corrected chi connectivity index (χ0v) is 7.83. The van der Waals surface area contributed by atoms with E-state index in [9.17, 15) is 4.21 Å². The van der Waals surface area contributed by atoms with E-state index in [0.717, 1.165) is 6.54 Å². The third-order valence-corrected chi connectivity index (χ3v) is 3.94. The van der Waals surface area contributed by atoms with E-state index in [2.05, 4.69) is 17.0 Å². The van der Waals surface area contributed by atoms with Crippen molar-refractivity contribution in [3.63, 3.8) is 0 Å². The Labute approximate surface area is 79.3 Å². The first kappa shape index (κ1) is 7.33. The Morgan fingerprint density at radius 3 is 3.15 bits per heavy atom. The Kier molecular flexibility index (Phi) is 1.38. The lowest BCUT2D eigenvalue weighted by atomic mass is 10.1. The SMILES string of the molecule is O=S1C=CN2Cc3ccccc3C21. The van der Waals surface area contributed by atoms with Gasteiger partial charge in [-0.2, -0.15) is 0 Å². The van der Waals surface area contributed by atoms with Crippen molar-refractivity contribution in [1.82, 2.24) is 4.90 Å². The van der Waals surface area contributed by atoms with Crippen molar-refractivity contribution in [3.8, 4) is 0 Å². The van der Waals surface area contributed by atoms with Gasteiger partial charge in [-0.1, -0.05) is 24.3 Å². The van der Waals surface area contributed by atoms with Crippen LogP contribution in [-0.4, -0.2) is 9.11 Å². The molecular formula is C10H9NOS. The molecule has 2 unspecified atom stereocenters. The number of fused-ring (bicyclic) bond motifs is 3. The molecule has 2 atom stereocenters. The van der Waals surface area contributed by atoms with Crippen LogP contribution in [0, 0.1) is 0 Å². The lowest BCUT2D eigenvalue weighted by Crippen LogP contribution is -2.12. The highest BCUT2D eigenvalue weighted by Crippen LogP contribution is 2.39. The molecular weight excluding hydrogens is 182 g/mol. The largest absolute Gasteiger partial charge is 0.354 e. The van der Waals surface area contributed by atoms with Gasteiger partial charge in [-0.25, -0.2) is 0 Å². The molecule has 1 aromatic rings. The number of hydrogen-bond donors (Lipinski definition) is 0. The Bertz CT molecular complexity index is 413. The molecule has 0 aromatic heterocycles. The molecule has 0 amide bonds. The summed E-state index contributed by atoms with van der Waals surface area (Å²) in [7, 11) is -0.844. The topological polar surface area (TPSA) is 20.3 Å². The number of nitrogens with zero attached hydrogens (tertiary/aromatic N) is 1. The zero-order chi connectivity index (χ0) is 8.84. The second-order valence-corrected chi connectivity index (χ2v) is 4.71. The van der Waals surface area contributed by atoms with Gasteiger partial charge in [0.2, 0.25) is 0 Å². The van der Waals surface area contributed by atoms with Crippen LogP contribution in [0.15, 0.2) is 35.9 Å². The molecule has 0 fully saturated rings. The van der Waals surface area contributed by atoms with Crippen molar-refractivity contribution in [2.45, 2.75) is 11.9 Å². The summed E-state index contributed by atoms with van der Waals surface area (Å²) in [6.07, 6.45) is 1.95. The van der Waals surface area contributed by atoms with E-state index in [1.54, 1.807) is 5.41 Å². The second-order valence-electron chi connectivity index (χ2n) is 3.34. The molecule has 0 saturated carbocycles. The number of rotatable bonds is 0. The van der Waals surface area contributed by atoms with Crippen molar-refractivity contribution in [3.05, 3.63) is 47.0 Å². The van der Waals surface area contributed by atoms with Crippen LogP contribution in [0.1, 0.15) is 16.5 Å². The highest BCUT2D eigenvalue weighted by molar-refractivity contribution is 7.88. The summed E-state index contributed by atoms with van der Waals surface area (Å²) < 4.78 is 11.6. The maximum absolute atomic E-state index is 11.6. The molecule has 0 radical (unpaired) electrons. The lowest BCUT2D eigenvalue weighted by Gasteiger charge is -2.14. The Hall–Kier alpha value is -1.09. The first-order valence-corrected chi connectivity index (χ1v) is 5.55. The first-order chi connectivity index (χ1) is 6.36. The summed E-state index contributed by atoms with van der Waals surface area (Å²) in [5.74, 6) is 0. The van der Waals surface area contributed by atoms with Gasteiger partial charge < -0.3 is 4.90 Å². The summed E-state index contributed by atoms with van der Waals surface area (Å²) in [6.45, 7) is 0.906. The highest BCUT2D eigenvalue weighted by atomic mass is 32.2. The second kappa shape index (κ2) is 2.45. The van der Waals surface area contributed by atoms with Crippen molar-refractivity contribution in [1.29, 1.82) is 0 Å². The average Bonchev–Trinajstić information content (AvgIpc) is 2.66. The molecule has 2 aliphatic heterocycles. The molecule has 2 nitrogen and oxygen atoms in total. The summed E-state index contributed by atoms with van der Waals surface area (Å²) in [4.78, 5) is 2.14. The summed E-state index contributed by atoms with van der Waals surface area (Å²) >= 11 is 0. The molecule has 2 aliphatic rings. The van der Waals surface area contributed by atoms with Crippen LogP contribution < -0.4 is 0 Å². The molecule has 66 valence electrons. The monoisotopic (exact) mass is 191 g/mol. The maximum Gasteiger partial charge on any atom is 0.135 e. The molecule has 0 N–H and O–H groups in total. The van der Waals surface area contributed by atoms with Crippen molar-refractivity contribution in [2.75, 3.05) is 0 Å². The van der Waals surface area contributed by atoms with Crippen LogP contribution >= 0.6 is 0 Å². The Morgan fingerprint density at radius 1 is 1.38 bits per heavy atom. The Morgan fingerprint density at radius 2 is 2.23 bits per heavy atom. The van der Waals surface area contributed by atoms with E-state index >= 15 is 0 Å². The normalized spacial score (nSPS) is 29.1. The molecule has 13 heavy (non-hydrogen) atoms. The average molecular weight is 191 g/mol. The fourth-order valence-electron chi connectivity index (χ4n) is 1.98. The van der Waals surface area contributed by atoms with E-state index in [-0.39, 0.29) is 5.37 Å². The highest BCUT2D eigenvalue weighted by Gasteiger charge is 2.34. The van der Waals surface area contributed by atoms with Crippen molar-refractivity contribution >= 4 is 10.8 Å². The van der Waals surface area contributed by atoms with Crippen molar-refractivity contribution in [2.24, 2.45) is 0 Å². The lowest BCUT2D eigenvalue weighted by molar-refractivity contribution is 0.392. The molecule has 0 saturated heterocycles. The fourth-order valence-corrected chi connectivity index (χ4v) is 3.30. The van der Waals surface area contributed by atoms with Gasteiger partial charge >= 0.3 is 0 Å². The van der Waals surface area contributed by atoms with E-state index < -0.39 is 10.8 Å². The van der Waals surface area contributed by atoms with Gasteiger partial charge in [0.05, 0.1) is 10.8 Å². The minimum Gasteiger partial charge on any atom is -0.354 e. The molecule has 0 bridgehead atoms. The van der Waals surface area contributed by atoms with Gasteiger partial charge in [0.15, 0.2) is 0 Å². The van der Waals surface area contributed by atoms with Gasteiger partial charge in [-0.05, 0) is 11.1 Å². The van der Waals surface area contributed by atoms with Crippen LogP contribution in [0.2, 0.25) is 0 Å². The van der Waals surface area contributed by atoms with E-state index in [1.165, 1.54) is 11.1 Å². The van der Waals surface area contributed by atoms with E-state index in [0.29, 0.717) is 0 Å². The van der Waals surface area contributed by atoms with Crippen LogP contribution in [0.25, 0.3) is 0 Å².